The molecule has 0 saturated heterocycles. The molecule has 29 heavy (non-hydrogen) atoms. The molecule has 156 valence electrons. The van der Waals surface area contributed by atoms with Gasteiger partial charge in [0.1, 0.15) is 5.75 Å². The van der Waals surface area contributed by atoms with Crippen LogP contribution in [-0.4, -0.2) is 31.8 Å². The van der Waals surface area contributed by atoms with Gasteiger partial charge in [0, 0.05) is 26.2 Å². The number of benzene rings is 2. The van der Waals surface area contributed by atoms with Crippen LogP contribution in [0.5, 0.6) is 5.75 Å². The van der Waals surface area contributed by atoms with Crippen LogP contribution in [0.25, 0.3) is 0 Å². The largest absolute Gasteiger partial charge is 0.466 e. The molecule has 5 nitrogen and oxygen atoms in total. The number of hydrogen-bond acceptors (Lipinski definition) is 5. The van der Waals surface area contributed by atoms with Crippen molar-refractivity contribution in [3.63, 3.8) is 0 Å². The number of hydrogen-bond donors (Lipinski definition) is 0. The second kappa shape index (κ2) is 11.9. The monoisotopic (exact) mass is 509 g/mol. The zero-order chi connectivity index (χ0) is 21.1. The predicted molar refractivity (Wildman–Crippen MR) is 123 cm³/mol. The molecule has 0 aromatic heterocycles. The van der Waals surface area contributed by atoms with Crippen molar-refractivity contribution in [2.45, 2.75) is 45.3 Å². The van der Waals surface area contributed by atoms with Crippen LogP contribution in [0.15, 0.2) is 53.5 Å². The van der Waals surface area contributed by atoms with E-state index in [9.17, 15) is 4.79 Å². The predicted octanol–water partition coefficient (Wildman–Crippen LogP) is 5.39. The summed E-state index contributed by atoms with van der Waals surface area (Å²) in [6.07, 6.45) is 4.32. The number of ether oxygens (including phenoxy) is 3. The molecule has 0 unspecified atom stereocenters. The lowest BCUT2D eigenvalue weighted by molar-refractivity contribution is -0.157. The molecular formula is C23H28INO4. The van der Waals surface area contributed by atoms with E-state index in [1.165, 1.54) is 0 Å². The van der Waals surface area contributed by atoms with E-state index < -0.39 is 5.72 Å². The highest BCUT2D eigenvalue weighted by atomic mass is 127. The molecule has 0 fully saturated rings. The van der Waals surface area contributed by atoms with E-state index >= 15 is 0 Å². The van der Waals surface area contributed by atoms with Gasteiger partial charge >= 0.3 is 5.97 Å². The quantitative estimate of drug-likeness (QED) is 0.177. The molecule has 0 aliphatic rings. The second-order valence-electron chi connectivity index (χ2n) is 6.91. The van der Waals surface area contributed by atoms with Crippen molar-refractivity contribution in [2.24, 2.45) is 4.99 Å². The van der Waals surface area contributed by atoms with E-state index in [1.807, 2.05) is 62.4 Å². The standard InChI is InChI=1S/C23H28INO4/c1-4-5-11-22(26)29-23(2,25-16-18-9-7-6-8-10-18)15-19-12-13-20(24)21(14-19)28-17-27-3/h6-10,12-14,16H,4-5,11,15,17H2,1-3H3/t23-/m1/s1. The summed E-state index contributed by atoms with van der Waals surface area (Å²) in [5.74, 6) is 0.498. The van der Waals surface area contributed by atoms with Crippen molar-refractivity contribution in [3.05, 3.63) is 63.2 Å². The second-order valence-corrected chi connectivity index (χ2v) is 8.08. The van der Waals surface area contributed by atoms with Crippen molar-refractivity contribution in [3.8, 4) is 5.75 Å². The molecule has 0 N–H and O–H groups in total. The molecule has 0 radical (unpaired) electrons. The lowest BCUT2D eigenvalue weighted by atomic mass is 10.0. The van der Waals surface area contributed by atoms with Crippen LogP contribution in [0.3, 0.4) is 0 Å². The Hall–Kier alpha value is -1.93. The summed E-state index contributed by atoms with van der Waals surface area (Å²) in [6.45, 7) is 4.06. The molecule has 1 atom stereocenters. The third-order valence-corrected chi connectivity index (χ3v) is 5.11. The minimum absolute atomic E-state index is 0.175. The fourth-order valence-corrected chi connectivity index (χ4v) is 3.24. The molecule has 0 bridgehead atoms. The molecular weight excluding hydrogens is 481 g/mol. The molecule has 6 heteroatoms. The van der Waals surface area contributed by atoms with Gasteiger partial charge in [0.05, 0.1) is 3.57 Å². The molecule has 0 spiro atoms. The zero-order valence-electron chi connectivity index (χ0n) is 17.2. The molecule has 2 aromatic carbocycles. The topological polar surface area (TPSA) is 57.1 Å². The number of unbranched alkanes of at least 4 members (excludes halogenated alkanes) is 1. The highest BCUT2D eigenvalue weighted by molar-refractivity contribution is 14.1. The molecule has 2 aromatic rings. The molecule has 0 saturated carbocycles. The number of aliphatic imine (C=N–C) groups is 1. The summed E-state index contributed by atoms with van der Waals surface area (Å²) < 4.78 is 17.4. The van der Waals surface area contributed by atoms with E-state index in [0.29, 0.717) is 12.8 Å². The van der Waals surface area contributed by atoms with Gasteiger partial charge in [0.2, 0.25) is 5.72 Å². The van der Waals surface area contributed by atoms with Crippen molar-refractivity contribution >= 4 is 34.8 Å². The number of esters is 1. The SMILES string of the molecule is CCCCC(=O)O[C@](C)(Cc1ccc(I)c(OCOC)c1)N=Cc1ccccc1. The van der Waals surface area contributed by atoms with Crippen LogP contribution in [0.2, 0.25) is 0 Å². The van der Waals surface area contributed by atoms with E-state index in [0.717, 1.165) is 33.3 Å². The third-order valence-electron chi connectivity index (χ3n) is 4.21. The Bertz CT molecular complexity index is 810. The van der Waals surface area contributed by atoms with Crippen LogP contribution < -0.4 is 4.74 Å². The van der Waals surface area contributed by atoms with Crippen molar-refractivity contribution in [1.82, 2.24) is 0 Å². The van der Waals surface area contributed by atoms with Crippen molar-refractivity contribution < 1.29 is 19.0 Å². The molecule has 0 heterocycles. The van der Waals surface area contributed by atoms with Crippen molar-refractivity contribution in [2.75, 3.05) is 13.9 Å². The third kappa shape index (κ3) is 8.14. The fourth-order valence-electron chi connectivity index (χ4n) is 2.75. The Kier molecular flexibility index (Phi) is 9.60. The minimum atomic E-state index is -1.01. The lowest BCUT2D eigenvalue weighted by Gasteiger charge is -2.26. The average Bonchev–Trinajstić information content (AvgIpc) is 2.72. The Morgan fingerprint density at radius 2 is 1.97 bits per heavy atom. The maximum atomic E-state index is 12.3. The Balaban J connectivity index is 2.24. The van der Waals surface area contributed by atoms with Crippen molar-refractivity contribution in [1.29, 1.82) is 0 Å². The first-order valence-corrected chi connectivity index (χ1v) is 10.8. The summed E-state index contributed by atoms with van der Waals surface area (Å²) in [4.78, 5) is 17.0. The molecule has 0 aliphatic carbocycles. The van der Waals surface area contributed by atoms with Gasteiger partial charge in [-0.1, -0.05) is 49.7 Å². The van der Waals surface area contributed by atoms with E-state index in [2.05, 4.69) is 27.6 Å². The first-order valence-electron chi connectivity index (χ1n) is 9.68. The molecule has 0 aliphatic heterocycles. The first kappa shape index (κ1) is 23.3. The fraction of sp³-hybridized carbons (Fsp3) is 0.391. The average molecular weight is 509 g/mol. The molecule has 2 rings (SSSR count). The highest BCUT2D eigenvalue weighted by Crippen LogP contribution is 2.27. The van der Waals surface area contributed by atoms with E-state index in [-0.39, 0.29) is 12.8 Å². The number of carbonyl (C=O) groups is 1. The van der Waals surface area contributed by atoms with Crippen LogP contribution in [0.4, 0.5) is 0 Å². The van der Waals surface area contributed by atoms with Crippen LogP contribution in [0.1, 0.15) is 44.2 Å². The summed E-state index contributed by atoms with van der Waals surface area (Å²) in [6, 6.07) is 15.7. The summed E-state index contributed by atoms with van der Waals surface area (Å²) >= 11 is 2.22. The van der Waals surface area contributed by atoms with Crippen LogP contribution in [0, 0.1) is 3.57 Å². The van der Waals surface area contributed by atoms with Gasteiger partial charge in [-0.3, -0.25) is 4.79 Å². The molecule has 0 amide bonds. The van der Waals surface area contributed by atoms with Crippen LogP contribution >= 0.6 is 22.6 Å². The van der Waals surface area contributed by atoms with Gasteiger partial charge in [-0.2, -0.15) is 0 Å². The number of nitrogens with zero attached hydrogens (tertiary/aromatic N) is 1. The Labute approximate surface area is 186 Å². The summed E-state index contributed by atoms with van der Waals surface area (Å²) in [5, 5.41) is 0. The van der Waals surface area contributed by atoms with E-state index in [1.54, 1.807) is 13.3 Å². The Morgan fingerprint density at radius 3 is 2.66 bits per heavy atom. The summed E-state index contributed by atoms with van der Waals surface area (Å²) in [7, 11) is 1.59. The number of methoxy groups -OCH3 is 1. The smallest absolute Gasteiger partial charge is 0.307 e. The van der Waals surface area contributed by atoms with E-state index in [4.69, 9.17) is 14.2 Å². The van der Waals surface area contributed by atoms with Crippen LogP contribution in [-0.2, 0) is 20.7 Å². The number of carbonyl (C=O) groups excluding carboxylic acids is 1. The summed E-state index contributed by atoms with van der Waals surface area (Å²) in [5.41, 5.74) is 0.911. The first-order chi connectivity index (χ1) is 14.0. The number of halogens is 1. The van der Waals surface area contributed by atoms with Gasteiger partial charge in [-0.25, -0.2) is 4.99 Å². The van der Waals surface area contributed by atoms with Gasteiger partial charge in [0.15, 0.2) is 6.79 Å². The van der Waals surface area contributed by atoms with Gasteiger partial charge < -0.3 is 14.2 Å². The highest BCUT2D eigenvalue weighted by Gasteiger charge is 2.28. The van der Waals surface area contributed by atoms with Gasteiger partial charge in [-0.15, -0.1) is 0 Å². The maximum Gasteiger partial charge on any atom is 0.307 e. The van der Waals surface area contributed by atoms with Gasteiger partial charge in [-0.05, 0) is 59.2 Å². The Morgan fingerprint density at radius 1 is 1.21 bits per heavy atom. The minimum Gasteiger partial charge on any atom is -0.466 e. The zero-order valence-corrected chi connectivity index (χ0v) is 19.3. The normalized spacial score (nSPS) is 13.2. The number of rotatable bonds is 11. The maximum absolute atomic E-state index is 12.3. The van der Waals surface area contributed by atoms with Gasteiger partial charge in [0.25, 0.3) is 0 Å². The lowest BCUT2D eigenvalue weighted by Crippen LogP contribution is -2.32.